The van der Waals surface area contributed by atoms with Crippen molar-refractivity contribution in [2.24, 2.45) is 17.8 Å². The molecule has 2 aliphatic rings. The minimum absolute atomic E-state index is 0.174. The van der Waals surface area contributed by atoms with Crippen LogP contribution in [0.1, 0.15) is 65.4 Å². The van der Waals surface area contributed by atoms with Crippen LogP contribution in [0.4, 0.5) is 0 Å². The van der Waals surface area contributed by atoms with Gasteiger partial charge in [0.15, 0.2) is 6.10 Å². The zero-order chi connectivity index (χ0) is 35.5. The summed E-state index contributed by atoms with van der Waals surface area (Å²) < 4.78 is 16.3. The molecule has 7 N–H and O–H groups in total. The van der Waals surface area contributed by atoms with Gasteiger partial charge in [0.25, 0.3) is 0 Å². The highest BCUT2D eigenvalue weighted by molar-refractivity contribution is 5.98. The van der Waals surface area contributed by atoms with Gasteiger partial charge in [-0.1, -0.05) is 71.0 Å². The lowest BCUT2D eigenvalue weighted by molar-refractivity contribution is -0.374. The number of esters is 1. The van der Waals surface area contributed by atoms with E-state index < -0.39 is 90.1 Å². The molecule has 2 fully saturated rings. The Balaban J connectivity index is 1.95. The van der Waals surface area contributed by atoms with Crippen molar-refractivity contribution in [1.82, 2.24) is 0 Å². The molecule has 0 spiro atoms. The quantitative estimate of drug-likeness (QED) is 0.0922. The Morgan fingerprint density at radius 1 is 1.00 bits per heavy atom. The van der Waals surface area contributed by atoms with E-state index in [1.54, 1.807) is 13.8 Å². The number of benzene rings is 1. The summed E-state index contributed by atoms with van der Waals surface area (Å²) in [6.45, 7) is 11.2. The van der Waals surface area contributed by atoms with Gasteiger partial charge in [0.2, 0.25) is 23.1 Å². The molecule has 3 rings (SSSR count). The monoisotopic (exact) mass is 666 g/mol. The summed E-state index contributed by atoms with van der Waals surface area (Å²) in [4.78, 5) is 50.7. The lowest BCUT2D eigenvalue weighted by atomic mass is 9.74. The SMILES string of the molecule is C=C(CCC12OC(C(=O)O)C(O)(C(=O)O)C(C(=O)O)(O1)C(OC(=O)CC(O)C(C)CC(C)CC)C2O)C(O)C(C)Cc1ccccc1. The first kappa shape index (κ1) is 38.1. The second-order valence-corrected chi connectivity index (χ2v) is 13.0. The third-order valence-electron chi connectivity index (χ3n) is 9.52. The molecule has 2 heterocycles. The van der Waals surface area contributed by atoms with Crippen molar-refractivity contribution in [3.63, 3.8) is 0 Å². The third-order valence-corrected chi connectivity index (χ3v) is 9.52. The van der Waals surface area contributed by atoms with Gasteiger partial charge in [-0.3, -0.25) is 4.79 Å². The van der Waals surface area contributed by atoms with Crippen LogP contribution in [-0.2, 0) is 39.8 Å². The van der Waals surface area contributed by atoms with Gasteiger partial charge in [0.1, 0.15) is 6.10 Å². The summed E-state index contributed by atoms with van der Waals surface area (Å²) in [5.41, 5.74) is -6.39. The molecule has 0 aliphatic carbocycles. The molecule has 0 amide bonds. The predicted octanol–water partition coefficient (Wildman–Crippen LogP) is 1.51. The first-order chi connectivity index (χ1) is 21.9. The number of hydrogen-bond donors (Lipinski definition) is 7. The molecule has 47 heavy (non-hydrogen) atoms. The number of ether oxygens (including phenoxy) is 3. The van der Waals surface area contributed by atoms with Gasteiger partial charge in [0, 0.05) is 6.42 Å². The number of carbonyl (C=O) groups excluding carboxylic acids is 1. The zero-order valence-electron chi connectivity index (χ0n) is 26.9. The molecule has 14 nitrogen and oxygen atoms in total. The fourth-order valence-corrected chi connectivity index (χ4v) is 6.45. The molecule has 11 unspecified atom stereocenters. The average molecular weight is 667 g/mol. The van der Waals surface area contributed by atoms with Gasteiger partial charge >= 0.3 is 23.9 Å². The third kappa shape index (κ3) is 7.22. The number of hydrogen-bond acceptors (Lipinski definition) is 11. The maximum absolute atomic E-state index is 13.1. The maximum Gasteiger partial charge on any atom is 0.344 e. The van der Waals surface area contributed by atoms with Crippen molar-refractivity contribution >= 4 is 23.9 Å². The smallest absolute Gasteiger partial charge is 0.344 e. The number of rotatable bonds is 17. The summed E-state index contributed by atoms with van der Waals surface area (Å²) in [6, 6.07) is 9.26. The van der Waals surface area contributed by atoms with Crippen LogP contribution in [0.3, 0.4) is 0 Å². The Bertz CT molecular complexity index is 1320. The second-order valence-electron chi connectivity index (χ2n) is 13.0. The highest BCUT2D eigenvalue weighted by Gasteiger charge is 2.85. The van der Waals surface area contributed by atoms with Gasteiger partial charge in [-0.15, -0.1) is 0 Å². The lowest BCUT2D eigenvalue weighted by Crippen LogP contribution is -2.78. The van der Waals surface area contributed by atoms with E-state index >= 15 is 0 Å². The lowest BCUT2D eigenvalue weighted by Gasteiger charge is -2.48. The first-order valence-electron chi connectivity index (χ1n) is 15.6. The van der Waals surface area contributed by atoms with E-state index in [1.807, 2.05) is 44.2 Å². The van der Waals surface area contributed by atoms with Crippen LogP contribution < -0.4 is 0 Å². The molecule has 0 radical (unpaired) electrons. The van der Waals surface area contributed by atoms with Crippen LogP contribution in [0, 0.1) is 17.8 Å². The van der Waals surface area contributed by atoms with Gasteiger partial charge in [0.05, 0.1) is 18.6 Å². The summed E-state index contributed by atoms with van der Waals surface area (Å²) in [7, 11) is 0. The minimum atomic E-state index is -3.92. The Morgan fingerprint density at radius 2 is 1.62 bits per heavy atom. The van der Waals surface area contributed by atoms with E-state index in [2.05, 4.69) is 6.58 Å². The molecule has 0 saturated carbocycles. The fourth-order valence-electron chi connectivity index (χ4n) is 6.45. The highest BCUT2D eigenvalue weighted by atomic mass is 16.8. The van der Waals surface area contributed by atoms with Gasteiger partial charge in [-0.05, 0) is 48.2 Å². The predicted molar refractivity (Wildman–Crippen MR) is 163 cm³/mol. The van der Waals surface area contributed by atoms with Crippen molar-refractivity contribution < 1.29 is 69.1 Å². The van der Waals surface area contributed by atoms with Crippen molar-refractivity contribution in [1.29, 1.82) is 0 Å². The minimum Gasteiger partial charge on any atom is -0.479 e. The Labute approximate surface area is 272 Å². The topological polar surface area (TPSA) is 238 Å². The molecule has 2 aliphatic heterocycles. The molecule has 262 valence electrons. The zero-order valence-corrected chi connectivity index (χ0v) is 26.9. The molecule has 0 aromatic heterocycles. The Morgan fingerprint density at radius 3 is 2.15 bits per heavy atom. The van der Waals surface area contributed by atoms with Gasteiger partial charge in [-0.2, -0.15) is 0 Å². The first-order valence-corrected chi connectivity index (χ1v) is 15.6. The Hall–Kier alpha value is -3.40. The van der Waals surface area contributed by atoms with E-state index in [0.717, 1.165) is 12.0 Å². The number of carboxylic acid groups (broad SMARTS) is 3. The van der Waals surface area contributed by atoms with Crippen LogP contribution >= 0.6 is 0 Å². The molecule has 14 heteroatoms. The van der Waals surface area contributed by atoms with Crippen LogP contribution in [-0.4, -0.2) is 107 Å². The van der Waals surface area contributed by atoms with E-state index in [9.17, 15) is 54.9 Å². The molecule has 1 aromatic rings. The fraction of sp³-hybridized carbons (Fsp3) is 0.636. The molecular formula is C33H46O14. The molecular weight excluding hydrogens is 620 g/mol. The molecule has 2 bridgehead atoms. The maximum atomic E-state index is 13.1. The van der Waals surface area contributed by atoms with Crippen LogP contribution in [0.2, 0.25) is 0 Å². The van der Waals surface area contributed by atoms with Crippen LogP contribution in [0.25, 0.3) is 0 Å². The number of carboxylic acids is 3. The van der Waals surface area contributed by atoms with Crippen LogP contribution in [0.15, 0.2) is 42.5 Å². The Kier molecular flexibility index (Phi) is 12.0. The average Bonchev–Trinajstić information content (AvgIpc) is 3.23. The summed E-state index contributed by atoms with van der Waals surface area (Å²) in [5.74, 6) is -11.2. The van der Waals surface area contributed by atoms with E-state index in [1.165, 1.54) is 0 Å². The standard InChI is InChI=1S/C33H46O14/c1-6-17(2)14-19(4)22(34)16-23(35)45-26-25(37)31(13-12-18(3)24(36)20(5)15-21-10-8-7-9-11-21)46-27(28(38)39)32(44,29(40)41)33(26,47-31)30(42)43/h7-11,17,19-20,22,24-27,34,36-37,44H,3,6,12-16H2,1-2,4-5H3,(H,38,39)(H,40,41)(H,42,43). The molecule has 2 saturated heterocycles. The van der Waals surface area contributed by atoms with E-state index in [4.69, 9.17) is 14.2 Å². The number of aliphatic hydroxyl groups excluding tert-OH is 3. The molecule has 11 atom stereocenters. The van der Waals surface area contributed by atoms with Crippen molar-refractivity contribution in [3.05, 3.63) is 48.0 Å². The molecule has 1 aromatic carbocycles. The van der Waals surface area contributed by atoms with Crippen molar-refractivity contribution in [2.75, 3.05) is 0 Å². The second kappa shape index (κ2) is 14.8. The number of carbonyl (C=O) groups is 4. The van der Waals surface area contributed by atoms with E-state index in [0.29, 0.717) is 12.8 Å². The van der Waals surface area contributed by atoms with Crippen LogP contribution in [0.5, 0.6) is 0 Å². The van der Waals surface area contributed by atoms with Gasteiger partial charge in [-0.25, -0.2) is 14.4 Å². The van der Waals surface area contributed by atoms with E-state index in [-0.39, 0.29) is 23.8 Å². The number of fused-ring (bicyclic) bond motifs is 2. The number of aliphatic hydroxyl groups is 4. The summed E-state index contributed by atoms with van der Waals surface area (Å²) in [6.07, 6.45) is -9.80. The summed E-state index contributed by atoms with van der Waals surface area (Å²) in [5, 5.41) is 74.8. The van der Waals surface area contributed by atoms with Gasteiger partial charge < -0.3 is 50.0 Å². The van der Waals surface area contributed by atoms with Crippen molar-refractivity contribution in [3.8, 4) is 0 Å². The normalized spacial score (nSPS) is 31.6. The summed E-state index contributed by atoms with van der Waals surface area (Å²) >= 11 is 0. The number of aliphatic carboxylic acids is 3. The highest BCUT2D eigenvalue weighted by Crippen LogP contribution is 2.56. The van der Waals surface area contributed by atoms with Crippen molar-refractivity contribution in [2.45, 2.75) is 114 Å². The largest absolute Gasteiger partial charge is 0.479 e.